The Balaban J connectivity index is 1.73. The second-order valence-electron chi connectivity index (χ2n) is 6.99. The van der Waals surface area contributed by atoms with Crippen molar-refractivity contribution in [2.75, 3.05) is 24.4 Å². The van der Waals surface area contributed by atoms with E-state index in [-0.39, 0.29) is 12.2 Å². The predicted molar refractivity (Wildman–Crippen MR) is 145 cm³/mol. The van der Waals surface area contributed by atoms with Crippen LogP contribution in [0.3, 0.4) is 0 Å². The molecule has 0 heterocycles. The van der Waals surface area contributed by atoms with Gasteiger partial charge in [0.05, 0.1) is 20.7 Å². The van der Waals surface area contributed by atoms with E-state index in [4.69, 9.17) is 32.7 Å². The van der Waals surface area contributed by atoms with Crippen LogP contribution in [0.15, 0.2) is 66.2 Å². The Labute approximate surface area is 225 Å². The zero-order valence-electron chi connectivity index (χ0n) is 18.3. The first-order valence-electron chi connectivity index (χ1n) is 10.0. The van der Waals surface area contributed by atoms with Gasteiger partial charge in [-0.1, -0.05) is 41.4 Å². The van der Waals surface area contributed by atoms with Gasteiger partial charge in [0.25, 0.3) is 11.8 Å². The zero-order chi connectivity index (χ0) is 25.4. The number of hydrogen-bond acceptors (Lipinski definition) is 5. The van der Waals surface area contributed by atoms with Gasteiger partial charge in [-0.3, -0.25) is 9.59 Å². The summed E-state index contributed by atoms with van der Waals surface area (Å²) < 4.78 is 11.7. The number of ether oxygens (including phenoxy) is 2. The molecule has 0 unspecified atom stereocenters. The Bertz CT molecular complexity index is 1320. The average molecular weight is 622 g/mol. The molecule has 3 aromatic rings. The number of nitrogens with one attached hydrogen (secondary N) is 2. The Hall–Kier alpha value is -3.26. The molecule has 0 bridgehead atoms. The molecule has 0 saturated carbocycles. The number of methoxy groups -OCH3 is 1. The lowest BCUT2D eigenvalue weighted by molar-refractivity contribution is -0.118. The first kappa shape index (κ1) is 26.3. The quantitative estimate of drug-likeness (QED) is 0.178. The van der Waals surface area contributed by atoms with Crippen LogP contribution in [0, 0.1) is 14.9 Å². The third kappa shape index (κ3) is 7.36. The third-order valence-corrected chi connectivity index (χ3v) is 6.05. The van der Waals surface area contributed by atoms with Crippen LogP contribution in [0.4, 0.5) is 11.4 Å². The van der Waals surface area contributed by atoms with E-state index in [1.165, 1.54) is 19.3 Å². The molecule has 0 radical (unpaired) electrons. The molecule has 7 nitrogen and oxygen atoms in total. The highest BCUT2D eigenvalue weighted by Crippen LogP contribution is 2.35. The van der Waals surface area contributed by atoms with Crippen molar-refractivity contribution in [3.8, 4) is 17.6 Å². The second-order valence-corrected chi connectivity index (χ2v) is 8.97. The number of halogens is 3. The second kappa shape index (κ2) is 12.4. The summed E-state index contributed by atoms with van der Waals surface area (Å²) in [4.78, 5) is 24.8. The van der Waals surface area contributed by atoms with Gasteiger partial charge in [0, 0.05) is 11.4 Å². The Kier molecular flexibility index (Phi) is 9.37. The van der Waals surface area contributed by atoms with E-state index >= 15 is 0 Å². The average Bonchev–Trinajstić information content (AvgIpc) is 2.84. The first-order chi connectivity index (χ1) is 16.8. The molecule has 0 spiro atoms. The standard InChI is InChI=1S/C25H18Cl2IN3O4/c1-34-22-11-15(9-16(13-29)25(33)31-17-5-3-2-4-6-17)10-21(28)24(22)35-14-23(32)30-18-7-8-19(26)20(27)12-18/h2-12H,14H2,1H3,(H,30,32)(H,31,33)/b16-9+. The van der Waals surface area contributed by atoms with Crippen LogP contribution in [-0.4, -0.2) is 25.5 Å². The first-order valence-corrected chi connectivity index (χ1v) is 11.9. The molecule has 0 aromatic heterocycles. The third-order valence-electron chi connectivity index (χ3n) is 4.51. The zero-order valence-corrected chi connectivity index (χ0v) is 21.9. The predicted octanol–water partition coefficient (Wildman–Crippen LogP) is 6.17. The maximum Gasteiger partial charge on any atom is 0.266 e. The molecule has 0 atom stereocenters. The number of carbonyl (C=O) groups excluding carboxylic acids is 2. The van der Waals surface area contributed by atoms with Gasteiger partial charge in [-0.25, -0.2) is 0 Å². The summed E-state index contributed by atoms with van der Waals surface area (Å²) in [5, 5.41) is 15.5. The fourth-order valence-corrected chi connectivity index (χ4v) is 3.99. The number of rotatable bonds is 8. The molecule has 0 aliphatic rings. The smallest absolute Gasteiger partial charge is 0.266 e. The minimum absolute atomic E-state index is 0.0821. The molecule has 0 aliphatic heterocycles. The summed E-state index contributed by atoms with van der Waals surface area (Å²) in [5.74, 6) is -0.255. The van der Waals surface area contributed by atoms with E-state index in [9.17, 15) is 14.9 Å². The SMILES string of the molecule is COc1cc(/C=C(\C#N)C(=O)Nc2ccccc2)cc(I)c1OCC(=O)Nc1ccc(Cl)c(Cl)c1. The fourth-order valence-electron chi connectivity index (χ4n) is 2.91. The van der Waals surface area contributed by atoms with Gasteiger partial charge in [0.1, 0.15) is 11.6 Å². The van der Waals surface area contributed by atoms with Crippen LogP contribution in [-0.2, 0) is 9.59 Å². The maximum atomic E-state index is 12.5. The van der Waals surface area contributed by atoms with Crippen LogP contribution in [0.5, 0.6) is 11.5 Å². The Morgan fingerprint density at radius 2 is 1.77 bits per heavy atom. The summed E-state index contributed by atoms with van der Waals surface area (Å²) in [6, 6.07) is 18.8. The Morgan fingerprint density at radius 1 is 1.03 bits per heavy atom. The molecule has 2 N–H and O–H groups in total. The van der Waals surface area contributed by atoms with E-state index in [0.29, 0.717) is 42.1 Å². The highest BCUT2D eigenvalue weighted by molar-refractivity contribution is 14.1. The van der Waals surface area contributed by atoms with Crippen molar-refractivity contribution in [3.63, 3.8) is 0 Å². The van der Waals surface area contributed by atoms with Crippen LogP contribution in [0.25, 0.3) is 6.08 Å². The van der Waals surface area contributed by atoms with Crippen molar-refractivity contribution in [2.24, 2.45) is 0 Å². The normalized spacial score (nSPS) is 10.8. The molecular formula is C25H18Cl2IN3O4. The summed E-state index contributed by atoms with van der Waals surface area (Å²) >= 11 is 13.9. The fraction of sp³-hybridized carbons (Fsp3) is 0.0800. The highest BCUT2D eigenvalue weighted by Gasteiger charge is 2.15. The molecule has 0 saturated heterocycles. The molecule has 178 valence electrons. The van der Waals surface area contributed by atoms with Crippen molar-refractivity contribution in [1.29, 1.82) is 5.26 Å². The van der Waals surface area contributed by atoms with Gasteiger partial charge >= 0.3 is 0 Å². The monoisotopic (exact) mass is 621 g/mol. The molecule has 10 heteroatoms. The molecule has 3 rings (SSSR count). The largest absolute Gasteiger partial charge is 0.493 e. The highest BCUT2D eigenvalue weighted by atomic mass is 127. The van der Waals surface area contributed by atoms with Crippen LogP contribution >= 0.6 is 45.8 Å². The summed E-state index contributed by atoms with van der Waals surface area (Å²) in [6.45, 7) is -0.287. The van der Waals surface area contributed by atoms with E-state index in [1.54, 1.807) is 48.5 Å². The lowest BCUT2D eigenvalue weighted by Crippen LogP contribution is -2.20. The number of anilines is 2. The number of nitrogens with zero attached hydrogens (tertiary/aromatic N) is 1. The maximum absolute atomic E-state index is 12.5. The van der Waals surface area contributed by atoms with Gasteiger partial charge in [0.2, 0.25) is 0 Å². The van der Waals surface area contributed by atoms with Crippen molar-refractivity contribution in [2.45, 2.75) is 0 Å². The van der Waals surface area contributed by atoms with Gasteiger partial charge in [-0.15, -0.1) is 0 Å². The van der Waals surface area contributed by atoms with E-state index in [1.807, 2.05) is 34.7 Å². The lowest BCUT2D eigenvalue weighted by atomic mass is 10.1. The van der Waals surface area contributed by atoms with Gasteiger partial charge in [-0.05, 0) is 76.7 Å². The van der Waals surface area contributed by atoms with Gasteiger partial charge in [-0.2, -0.15) is 5.26 Å². The van der Waals surface area contributed by atoms with Crippen molar-refractivity contribution in [1.82, 2.24) is 0 Å². The van der Waals surface area contributed by atoms with E-state index < -0.39 is 11.8 Å². The van der Waals surface area contributed by atoms with Crippen molar-refractivity contribution >= 4 is 75.1 Å². The number of carbonyl (C=O) groups is 2. The number of nitriles is 1. The topological polar surface area (TPSA) is 100 Å². The van der Waals surface area contributed by atoms with Crippen LogP contribution < -0.4 is 20.1 Å². The minimum atomic E-state index is -0.535. The number of para-hydroxylation sites is 1. The molecule has 0 fully saturated rings. The van der Waals surface area contributed by atoms with Crippen LogP contribution in [0.1, 0.15) is 5.56 Å². The molecule has 35 heavy (non-hydrogen) atoms. The summed E-state index contributed by atoms with van der Waals surface area (Å²) in [5.41, 5.74) is 1.53. The van der Waals surface area contributed by atoms with Crippen LogP contribution in [0.2, 0.25) is 10.0 Å². The van der Waals surface area contributed by atoms with Crippen molar-refractivity contribution < 1.29 is 19.1 Å². The summed E-state index contributed by atoms with van der Waals surface area (Å²) in [7, 11) is 1.45. The number of benzene rings is 3. The molecule has 0 aliphatic carbocycles. The Morgan fingerprint density at radius 3 is 2.43 bits per heavy atom. The van der Waals surface area contributed by atoms with E-state index in [2.05, 4.69) is 10.6 Å². The molecular weight excluding hydrogens is 604 g/mol. The van der Waals surface area contributed by atoms with E-state index in [0.717, 1.165) is 0 Å². The summed E-state index contributed by atoms with van der Waals surface area (Å²) in [6.07, 6.45) is 1.45. The lowest BCUT2D eigenvalue weighted by Gasteiger charge is -2.14. The number of hydrogen-bond donors (Lipinski definition) is 2. The van der Waals surface area contributed by atoms with Gasteiger partial charge < -0.3 is 20.1 Å². The van der Waals surface area contributed by atoms with Gasteiger partial charge in [0.15, 0.2) is 18.1 Å². The molecule has 3 aromatic carbocycles. The molecule has 2 amide bonds. The minimum Gasteiger partial charge on any atom is -0.493 e. The van der Waals surface area contributed by atoms with Crippen molar-refractivity contribution in [3.05, 3.63) is 85.4 Å². The number of amides is 2.